The normalized spacial score (nSPS) is 15.4. The molecule has 0 aromatic carbocycles. The minimum atomic E-state index is -2.65. The smallest absolute Gasteiger partial charge is 0.319 e. The number of ether oxygens (including phenoxy) is 1. The summed E-state index contributed by atoms with van der Waals surface area (Å²) in [6.07, 6.45) is 0.174. The zero-order valence-corrected chi connectivity index (χ0v) is 10.9. The third-order valence-electron chi connectivity index (χ3n) is 1.56. The first-order chi connectivity index (χ1) is 6.76. The fraction of sp³-hybridized carbons (Fsp3) is 0.889. The van der Waals surface area contributed by atoms with Crippen molar-refractivity contribution in [3.05, 3.63) is 0 Å². The summed E-state index contributed by atoms with van der Waals surface area (Å²) >= 11 is 0. The lowest BCUT2D eigenvalue weighted by atomic mass is 10.5. The SMILES string of the molecule is COC(=O)CN(C)CP(C)(=O)OC(C)C. The maximum atomic E-state index is 11.9. The molecule has 0 amide bonds. The summed E-state index contributed by atoms with van der Waals surface area (Å²) in [6.45, 7) is 5.35. The van der Waals surface area contributed by atoms with Crippen molar-refractivity contribution in [3.63, 3.8) is 0 Å². The highest BCUT2D eigenvalue weighted by molar-refractivity contribution is 7.58. The number of esters is 1. The van der Waals surface area contributed by atoms with Crippen LogP contribution in [0.1, 0.15) is 13.8 Å². The van der Waals surface area contributed by atoms with Gasteiger partial charge in [0, 0.05) is 6.66 Å². The number of carbonyl (C=O) groups excluding carboxylic acids is 1. The van der Waals surface area contributed by atoms with Crippen LogP contribution in [0.5, 0.6) is 0 Å². The number of methoxy groups -OCH3 is 1. The van der Waals surface area contributed by atoms with Gasteiger partial charge in [0.25, 0.3) is 0 Å². The summed E-state index contributed by atoms with van der Waals surface area (Å²) in [6, 6.07) is 0. The standard InChI is InChI=1S/C9H20NO4P/c1-8(2)14-15(5,12)7-10(3)6-9(11)13-4/h8H,6-7H2,1-5H3. The summed E-state index contributed by atoms with van der Waals surface area (Å²) in [5.74, 6) is -0.345. The Hall–Kier alpha value is -0.380. The van der Waals surface area contributed by atoms with Crippen LogP contribution in [0.15, 0.2) is 0 Å². The van der Waals surface area contributed by atoms with Crippen LogP contribution in [0.3, 0.4) is 0 Å². The van der Waals surface area contributed by atoms with Crippen LogP contribution in [-0.4, -0.2) is 50.6 Å². The fourth-order valence-corrected chi connectivity index (χ4v) is 3.19. The lowest BCUT2D eigenvalue weighted by Crippen LogP contribution is -2.28. The number of hydrogen-bond donors (Lipinski definition) is 0. The van der Waals surface area contributed by atoms with E-state index in [2.05, 4.69) is 4.74 Å². The molecule has 0 aliphatic carbocycles. The molecule has 1 unspecified atom stereocenters. The fourth-order valence-electron chi connectivity index (χ4n) is 1.25. The second-order valence-corrected chi connectivity index (χ2v) is 6.42. The van der Waals surface area contributed by atoms with Crippen molar-refractivity contribution in [3.8, 4) is 0 Å². The van der Waals surface area contributed by atoms with Crippen LogP contribution < -0.4 is 0 Å². The number of nitrogens with zero attached hydrogens (tertiary/aromatic N) is 1. The van der Waals surface area contributed by atoms with Crippen molar-refractivity contribution in [2.75, 3.05) is 33.7 Å². The monoisotopic (exact) mass is 237 g/mol. The molecule has 90 valence electrons. The molecule has 0 spiro atoms. The molecule has 0 bridgehead atoms. The van der Waals surface area contributed by atoms with Gasteiger partial charge in [0.05, 0.1) is 26.0 Å². The Morgan fingerprint density at radius 3 is 2.40 bits per heavy atom. The summed E-state index contributed by atoms with van der Waals surface area (Å²) in [7, 11) is 0.377. The molecule has 0 heterocycles. The van der Waals surface area contributed by atoms with Crippen LogP contribution in [0.2, 0.25) is 0 Å². The Morgan fingerprint density at radius 1 is 1.47 bits per heavy atom. The van der Waals surface area contributed by atoms with E-state index in [1.807, 2.05) is 13.8 Å². The van der Waals surface area contributed by atoms with Gasteiger partial charge < -0.3 is 9.26 Å². The second-order valence-electron chi connectivity index (χ2n) is 3.90. The van der Waals surface area contributed by atoms with Crippen LogP contribution in [-0.2, 0) is 18.6 Å². The maximum Gasteiger partial charge on any atom is 0.319 e. The Bertz CT molecular complexity index is 254. The quantitative estimate of drug-likeness (QED) is 0.516. The van der Waals surface area contributed by atoms with Gasteiger partial charge in [-0.05, 0) is 20.9 Å². The molecule has 0 saturated carbocycles. The summed E-state index contributed by atoms with van der Waals surface area (Å²) in [5.41, 5.74) is 0. The van der Waals surface area contributed by atoms with Gasteiger partial charge in [-0.25, -0.2) is 0 Å². The van der Waals surface area contributed by atoms with E-state index in [0.717, 1.165) is 0 Å². The van der Waals surface area contributed by atoms with Gasteiger partial charge in [0.15, 0.2) is 0 Å². The Morgan fingerprint density at radius 2 is 2.00 bits per heavy atom. The topological polar surface area (TPSA) is 55.8 Å². The molecule has 0 radical (unpaired) electrons. The van der Waals surface area contributed by atoms with Crippen LogP contribution in [0, 0.1) is 0 Å². The van der Waals surface area contributed by atoms with Crippen LogP contribution in [0.25, 0.3) is 0 Å². The third kappa shape index (κ3) is 7.54. The Kier molecular flexibility index (Phi) is 6.10. The molecule has 1 atom stereocenters. The number of hydrogen-bond acceptors (Lipinski definition) is 5. The second kappa shape index (κ2) is 6.26. The predicted molar refractivity (Wildman–Crippen MR) is 59.3 cm³/mol. The largest absolute Gasteiger partial charge is 0.468 e. The molecule has 6 heteroatoms. The van der Waals surface area contributed by atoms with Gasteiger partial charge in [0.1, 0.15) is 0 Å². The van der Waals surface area contributed by atoms with E-state index in [9.17, 15) is 9.36 Å². The predicted octanol–water partition coefficient (Wildman–Crippen LogP) is 1.38. The lowest BCUT2D eigenvalue weighted by Gasteiger charge is -2.22. The first-order valence-electron chi connectivity index (χ1n) is 4.77. The van der Waals surface area contributed by atoms with Gasteiger partial charge in [0.2, 0.25) is 7.37 Å². The first-order valence-corrected chi connectivity index (χ1v) is 7.03. The molecule has 15 heavy (non-hydrogen) atoms. The molecule has 0 saturated heterocycles. The summed E-state index contributed by atoms with van der Waals surface area (Å²) < 4.78 is 21.7. The van der Waals surface area contributed by atoms with E-state index in [1.54, 1.807) is 18.6 Å². The molecule has 0 aliphatic heterocycles. The van der Waals surface area contributed by atoms with Gasteiger partial charge in [-0.15, -0.1) is 0 Å². The molecular weight excluding hydrogens is 217 g/mol. The number of carbonyl (C=O) groups is 1. The summed E-state index contributed by atoms with van der Waals surface area (Å²) in [5, 5.41) is 0. The number of rotatable bonds is 6. The van der Waals surface area contributed by atoms with Gasteiger partial charge >= 0.3 is 5.97 Å². The highest BCUT2D eigenvalue weighted by Crippen LogP contribution is 2.43. The minimum Gasteiger partial charge on any atom is -0.468 e. The average molecular weight is 237 g/mol. The minimum absolute atomic E-state index is 0.0765. The molecule has 0 aromatic rings. The molecular formula is C9H20NO4P. The van der Waals surface area contributed by atoms with Crippen molar-refractivity contribution in [1.82, 2.24) is 4.90 Å². The zero-order chi connectivity index (χ0) is 12.1. The molecule has 5 nitrogen and oxygen atoms in total. The van der Waals surface area contributed by atoms with E-state index in [1.165, 1.54) is 7.11 Å². The zero-order valence-electron chi connectivity index (χ0n) is 10.0. The molecule has 0 rings (SSSR count). The van der Waals surface area contributed by atoms with Gasteiger partial charge in [-0.3, -0.25) is 14.3 Å². The number of likely N-dealkylation sites (N-methyl/N-ethyl adjacent to an activating group) is 1. The van der Waals surface area contributed by atoms with Gasteiger partial charge in [-0.1, -0.05) is 0 Å². The average Bonchev–Trinajstić information content (AvgIpc) is 1.99. The molecule has 0 aromatic heterocycles. The van der Waals surface area contributed by atoms with Crippen molar-refractivity contribution < 1.29 is 18.6 Å². The van der Waals surface area contributed by atoms with Gasteiger partial charge in [-0.2, -0.15) is 0 Å². The van der Waals surface area contributed by atoms with Crippen LogP contribution in [0.4, 0.5) is 0 Å². The van der Waals surface area contributed by atoms with E-state index in [-0.39, 0.29) is 24.9 Å². The van der Waals surface area contributed by atoms with E-state index >= 15 is 0 Å². The van der Waals surface area contributed by atoms with Crippen molar-refractivity contribution >= 4 is 13.3 Å². The molecule has 0 N–H and O–H groups in total. The summed E-state index contributed by atoms with van der Waals surface area (Å²) in [4.78, 5) is 12.6. The Labute approximate surface area is 91.2 Å². The van der Waals surface area contributed by atoms with Crippen molar-refractivity contribution in [2.24, 2.45) is 0 Å². The highest BCUT2D eigenvalue weighted by atomic mass is 31.2. The first kappa shape index (κ1) is 14.6. The van der Waals surface area contributed by atoms with Crippen molar-refractivity contribution in [2.45, 2.75) is 20.0 Å². The highest BCUT2D eigenvalue weighted by Gasteiger charge is 2.21. The van der Waals surface area contributed by atoms with E-state index < -0.39 is 7.37 Å². The molecule has 0 aliphatic rings. The van der Waals surface area contributed by atoms with Crippen LogP contribution >= 0.6 is 7.37 Å². The maximum absolute atomic E-state index is 11.9. The Balaban J connectivity index is 4.09. The van der Waals surface area contributed by atoms with Crippen molar-refractivity contribution in [1.29, 1.82) is 0 Å². The third-order valence-corrected chi connectivity index (χ3v) is 3.42. The molecule has 0 fully saturated rings. The van der Waals surface area contributed by atoms with E-state index in [4.69, 9.17) is 4.52 Å². The van der Waals surface area contributed by atoms with E-state index in [0.29, 0.717) is 0 Å². The lowest BCUT2D eigenvalue weighted by molar-refractivity contribution is -0.141.